The number of benzene rings is 1. The molecule has 3 aromatic rings. The van der Waals surface area contributed by atoms with E-state index in [9.17, 15) is 4.39 Å². The van der Waals surface area contributed by atoms with E-state index in [0.29, 0.717) is 23.4 Å². The number of fused-ring (bicyclic) bond motifs is 1. The molecule has 1 fully saturated rings. The zero-order valence-electron chi connectivity index (χ0n) is 21.3. The maximum absolute atomic E-state index is 15.3. The van der Waals surface area contributed by atoms with Gasteiger partial charge in [0.15, 0.2) is 5.82 Å². The lowest BCUT2D eigenvalue weighted by atomic mass is 9.80. The number of nitrogens with one attached hydrogen (secondary N) is 2. The molecule has 5 rings (SSSR count). The Hall–Kier alpha value is -3.33. The first-order valence-electron chi connectivity index (χ1n) is 12.5. The molecule has 7 nitrogen and oxygen atoms in total. The molecule has 0 amide bonds. The summed E-state index contributed by atoms with van der Waals surface area (Å²) in [5, 5.41) is 6.39. The van der Waals surface area contributed by atoms with Crippen LogP contribution >= 0.6 is 0 Å². The zero-order valence-corrected chi connectivity index (χ0v) is 21.3. The molecular weight excluding hydrogens is 460 g/mol. The van der Waals surface area contributed by atoms with Crippen molar-refractivity contribution in [2.75, 3.05) is 47.8 Å². The van der Waals surface area contributed by atoms with E-state index in [1.54, 1.807) is 6.20 Å². The fourth-order valence-electron chi connectivity index (χ4n) is 5.05. The van der Waals surface area contributed by atoms with Gasteiger partial charge in [-0.15, -0.1) is 0 Å². The van der Waals surface area contributed by atoms with Gasteiger partial charge in [-0.2, -0.15) is 0 Å². The minimum absolute atomic E-state index is 0.0513. The van der Waals surface area contributed by atoms with Crippen LogP contribution in [0.5, 0.6) is 0 Å². The fraction of sp³-hybridized carbons (Fsp3) is 0.444. The Labute approximate surface area is 211 Å². The maximum atomic E-state index is 15.3. The van der Waals surface area contributed by atoms with Crippen molar-refractivity contribution in [2.45, 2.75) is 40.2 Å². The second kappa shape index (κ2) is 9.61. The molecule has 0 aliphatic carbocycles. The number of piperazine rings is 1. The SMILES string of the molecule is CC(C)N1CC(C)(C)Cc2c(F)cc(-c3nc(Nc4ccc(N5CCNCC5)cn4)ncc3F)cc21. The standard InChI is InChI=1S/C27H33F2N7/c1-17(2)36-16-27(3,4)13-20-21(28)11-18(12-23(20)36)25-22(29)15-32-26(34-25)33-24-6-5-19(14-31-24)35-9-7-30-8-10-35/h5-6,11-12,14-15,17,30H,7-10,13,16H2,1-4H3,(H,31,32,33,34). The van der Waals surface area contributed by atoms with Crippen LogP contribution in [0, 0.1) is 17.0 Å². The third kappa shape index (κ3) is 4.97. The van der Waals surface area contributed by atoms with Crippen molar-refractivity contribution in [3.63, 3.8) is 0 Å². The van der Waals surface area contributed by atoms with Crippen LogP contribution in [0.4, 0.5) is 31.9 Å². The van der Waals surface area contributed by atoms with Gasteiger partial charge in [0.25, 0.3) is 0 Å². The average molecular weight is 494 g/mol. The molecule has 2 N–H and O–H groups in total. The van der Waals surface area contributed by atoms with Crippen LogP contribution in [0.1, 0.15) is 33.3 Å². The molecule has 190 valence electrons. The van der Waals surface area contributed by atoms with E-state index in [2.05, 4.69) is 63.1 Å². The molecule has 2 aromatic heterocycles. The molecule has 0 bridgehead atoms. The van der Waals surface area contributed by atoms with Crippen LogP contribution in [-0.2, 0) is 6.42 Å². The van der Waals surface area contributed by atoms with Gasteiger partial charge in [0.1, 0.15) is 17.3 Å². The van der Waals surface area contributed by atoms with Crippen LogP contribution in [-0.4, -0.2) is 53.7 Å². The van der Waals surface area contributed by atoms with E-state index in [-0.39, 0.29) is 28.9 Å². The van der Waals surface area contributed by atoms with Gasteiger partial charge in [0.2, 0.25) is 5.95 Å². The highest BCUT2D eigenvalue weighted by molar-refractivity contribution is 5.71. The summed E-state index contributed by atoms with van der Waals surface area (Å²) in [5.41, 5.74) is 2.92. The monoisotopic (exact) mass is 493 g/mol. The Kier molecular flexibility index (Phi) is 6.51. The van der Waals surface area contributed by atoms with Gasteiger partial charge in [-0.1, -0.05) is 13.8 Å². The van der Waals surface area contributed by atoms with Crippen molar-refractivity contribution in [1.29, 1.82) is 0 Å². The fourth-order valence-corrected chi connectivity index (χ4v) is 5.05. The number of pyridine rings is 1. The van der Waals surface area contributed by atoms with Crippen LogP contribution in [0.15, 0.2) is 36.7 Å². The highest BCUT2D eigenvalue weighted by Gasteiger charge is 2.34. The lowest BCUT2D eigenvalue weighted by molar-refractivity contribution is 0.332. The highest BCUT2D eigenvalue weighted by atomic mass is 19.1. The van der Waals surface area contributed by atoms with Crippen LogP contribution in [0.2, 0.25) is 0 Å². The first kappa shape index (κ1) is 24.4. The number of nitrogens with zero attached hydrogens (tertiary/aromatic N) is 5. The van der Waals surface area contributed by atoms with Crippen molar-refractivity contribution in [3.05, 3.63) is 53.9 Å². The summed E-state index contributed by atoms with van der Waals surface area (Å²) in [6, 6.07) is 7.26. The Bertz CT molecular complexity index is 1240. The largest absolute Gasteiger partial charge is 0.368 e. The maximum Gasteiger partial charge on any atom is 0.229 e. The summed E-state index contributed by atoms with van der Waals surface area (Å²) in [7, 11) is 0. The van der Waals surface area contributed by atoms with Gasteiger partial charge in [0, 0.05) is 55.6 Å². The molecule has 0 radical (unpaired) electrons. The molecule has 0 atom stereocenters. The van der Waals surface area contributed by atoms with Crippen molar-refractivity contribution >= 4 is 23.1 Å². The van der Waals surface area contributed by atoms with E-state index in [1.807, 2.05) is 18.2 Å². The van der Waals surface area contributed by atoms with Gasteiger partial charge in [-0.05, 0) is 49.9 Å². The molecule has 2 aliphatic heterocycles. The molecule has 0 unspecified atom stereocenters. The van der Waals surface area contributed by atoms with Crippen molar-refractivity contribution in [1.82, 2.24) is 20.3 Å². The predicted molar refractivity (Wildman–Crippen MR) is 140 cm³/mol. The second-order valence-corrected chi connectivity index (χ2v) is 10.7. The summed E-state index contributed by atoms with van der Waals surface area (Å²) in [4.78, 5) is 17.4. The van der Waals surface area contributed by atoms with E-state index >= 15 is 4.39 Å². The van der Waals surface area contributed by atoms with Crippen LogP contribution < -0.4 is 20.4 Å². The lowest BCUT2D eigenvalue weighted by Gasteiger charge is -2.43. The van der Waals surface area contributed by atoms with Gasteiger partial charge in [-0.25, -0.2) is 23.7 Å². The Balaban J connectivity index is 1.43. The molecule has 2 aliphatic rings. The Morgan fingerprint density at radius 1 is 1.03 bits per heavy atom. The Morgan fingerprint density at radius 2 is 1.81 bits per heavy atom. The van der Waals surface area contributed by atoms with Crippen LogP contribution in [0.3, 0.4) is 0 Å². The Morgan fingerprint density at radius 3 is 2.50 bits per heavy atom. The molecule has 1 saturated heterocycles. The molecule has 4 heterocycles. The molecular formula is C27H33F2N7. The van der Waals surface area contributed by atoms with E-state index in [0.717, 1.165) is 50.3 Å². The topological polar surface area (TPSA) is 69.2 Å². The van der Waals surface area contributed by atoms with Gasteiger partial charge in [-0.3, -0.25) is 0 Å². The molecule has 0 spiro atoms. The second-order valence-electron chi connectivity index (χ2n) is 10.7. The molecule has 36 heavy (non-hydrogen) atoms. The quantitative estimate of drug-likeness (QED) is 0.531. The number of hydrogen-bond acceptors (Lipinski definition) is 7. The normalized spacial score (nSPS) is 17.3. The summed E-state index contributed by atoms with van der Waals surface area (Å²) >= 11 is 0. The average Bonchev–Trinajstić information content (AvgIpc) is 2.86. The first-order chi connectivity index (χ1) is 17.2. The number of hydrogen-bond donors (Lipinski definition) is 2. The van der Waals surface area contributed by atoms with Crippen molar-refractivity contribution in [3.8, 4) is 11.3 Å². The lowest BCUT2D eigenvalue weighted by Crippen LogP contribution is -2.44. The summed E-state index contributed by atoms with van der Waals surface area (Å²) in [5.74, 6) is -0.183. The molecule has 9 heteroatoms. The van der Waals surface area contributed by atoms with E-state index in [1.165, 1.54) is 6.07 Å². The predicted octanol–water partition coefficient (Wildman–Crippen LogP) is 4.77. The summed E-state index contributed by atoms with van der Waals surface area (Å²) < 4.78 is 30.2. The zero-order chi connectivity index (χ0) is 25.4. The molecule has 1 aromatic carbocycles. The third-order valence-corrected chi connectivity index (χ3v) is 6.85. The van der Waals surface area contributed by atoms with Gasteiger partial charge in [0.05, 0.1) is 18.1 Å². The van der Waals surface area contributed by atoms with E-state index < -0.39 is 5.82 Å². The summed E-state index contributed by atoms with van der Waals surface area (Å²) in [6.07, 6.45) is 3.55. The number of rotatable bonds is 5. The number of halogens is 2. The van der Waals surface area contributed by atoms with Gasteiger partial charge < -0.3 is 20.4 Å². The highest BCUT2D eigenvalue weighted by Crippen LogP contribution is 2.41. The van der Waals surface area contributed by atoms with Crippen molar-refractivity contribution < 1.29 is 8.78 Å². The summed E-state index contributed by atoms with van der Waals surface area (Å²) in [6.45, 7) is 13.0. The number of anilines is 4. The third-order valence-electron chi connectivity index (χ3n) is 6.85. The minimum atomic E-state index is -0.603. The first-order valence-corrected chi connectivity index (χ1v) is 12.5. The van der Waals surface area contributed by atoms with Crippen LogP contribution in [0.25, 0.3) is 11.3 Å². The molecule has 0 saturated carbocycles. The minimum Gasteiger partial charge on any atom is -0.368 e. The number of aromatic nitrogens is 3. The van der Waals surface area contributed by atoms with E-state index in [4.69, 9.17) is 0 Å². The van der Waals surface area contributed by atoms with Crippen molar-refractivity contribution in [2.24, 2.45) is 5.41 Å². The smallest absolute Gasteiger partial charge is 0.229 e. The van der Waals surface area contributed by atoms with Gasteiger partial charge >= 0.3 is 0 Å².